The molecule has 7 nitrogen and oxygen atoms in total. The van der Waals surface area contributed by atoms with E-state index in [0.29, 0.717) is 32.5 Å². The van der Waals surface area contributed by atoms with Gasteiger partial charge in [0.25, 0.3) is 0 Å². The highest BCUT2D eigenvalue weighted by Crippen LogP contribution is 2.19. The van der Waals surface area contributed by atoms with Crippen LogP contribution in [0.3, 0.4) is 0 Å². The van der Waals surface area contributed by atoms with Crippen molar-refractivity contribution >= 4 is 17.8 Å². The molecule has 0 atom stereocenters. The molecule has 0 bridgehead atoms. The Balaban J connectivity index is 1.45. The Bertz CT molecular complexity index is 590. The number of carbonyl (C=O) groups is 2. The van der Waals surface area contributed by atoms with Crippen LogP contribution in [0.15, 0.2) is 18.3 Å². The first-order valence-electron chi connectivity index (χ1n) is 9.15. The maximum Gasteiger partial charge on any atom is 0.314 e. The molecule has 0 aliphatic carbocycles. The molecule has 0 unspecified atom stereocenters. The second-order valence-corrected chi connectivity index (χ2v) is 6.89. The maximum absolute atomic E-state index is 12.3. The first kappa shape index (κ1) is 17.5. The van der Waals surface area contributed by atoms with E-state index in [0.717, 1.165) is 24.5 Å². The van der Waals surface area contributed by atoms with Gasteiger partial charge in [0.1, 0.15) is 5.82 Å². The third-order valence-corrected chi connectivity index (χ3v) is 5.13. The van der Waals surface area contributed by atoms with Crippen molar-refractivity contribution in [3.63, 3.8) is 0 Å². The Morgan fingerprint density at radius 3 is 2.44 bits per heavy atom. The van der Waals surface area contributed by atoms with E-state index in [1.165, 1.54) is 19.3 Å². The van der Waals surface area contributed by atoms with E-state index in [1.54, 1.807) is 4.90 Å². The molecule has 1 aromatic heterocycles. The monoisotopic (exact) mass is 345 g/mol. The number of aromatic nitrogens is 1. The molecule has 2 aliphatic rings. The second-order valence-electron chi connectivity index (χ2n) is 6.89. The van der Waals surface area contributed by atoms with Gasteiger partial charge in [-0.15, -0.1) is 0 Å². The van der Waals surface area contributed by atoms with Gasteiger partial charge >= 0.3 is 6.03 Å². The SMILES string of the molecule is NC(=O)N1CCC(C(=O)NCc2ccc(N3CCCCC3)nc2)CC1. The standard InChI is InChI=1S/C18H27N5O2/c19-18(25)23-10-6-15(7-11-23)17(24)21-13-14-4-5-16(20-12-14)22-8-2-1-3-9-22/h4-5,12,15H,1-3,6-11,13H2,(H2,19,25)(H,21,24). The van der Waals surface area contributed by atoms with Crippen LogP contribution in [0.5, 0.6) is 0 Å². The third kappa shape index (κ3) is 4.61. The van der Waals surface area contributed by atoms with Crippen molar-refractivity contribution in [2.45, 2.75) is 38.6 Å². The van der Waals surface area contributed by atoms with Crippen LogP contribution >= 0.6 is 0 Å². The number of hydrogen-bond donors (Lipinski definition) is 2. The summed E-state index contributed by atoms with van der Waals surface area (Å²) in [6.45, 7) is 3.75. The Labute approximate surface area is 148 Å². The number of likely N-dealkylation sites (tertiary alicyclic amines) is 1. The Morgan fingerprint density at radius 2 is 1.84 bits per heavy atom. The highest BCUT2D eigenvalue weighted by atomic mass is 16.2. The molecule has 0 radical (unpaired) electrons. The number of rotatable bonds is 4. The highest BCUT2D eigenvalue weighted by molar-refractivity contribution is 5.79. The van der Waals surface area contributed by atoms with Gasteiger partial charge in [-0.1, -0.05) is 6.07 Å². The first-order chi connectivity index (χ1) is 12.1. The molecular weight excluding hydrogens is 318 g/mol. The van der Waals surface area contributed by atoms with Crippen LogP contribution in [-0.4, -0.2) is 48.0 Å². The van der Waals surface area contributed by atoms with Crippen LogP contribution in [0.25, 0.3) is 0 Å². The summed E-state index contributed by atoms with van der Waals surface area (Å²) in [5.41, 5.74) is 6.27. The van der Waals surface area contributed by atoms with E-state index < -0.39 is 6.03 Å². The summed E-state index contributed by atoms with van der Waals surface area (Å²) in [5.74, 6) is 1.02. The number of anilines is 1. The zero-order valence-electron chi connectivity index (χ0n) is 14.6. The fourth-order valence-electron chi connectivity index (χ4n) is 3.53. The number of amides is 3. The fraction of sp³-hybridized carbons (Fsp3) is 0.611. The zero-order valence-corrected chi connectivity index (χ0v) is 14.6. The molecule has 3 heterocycles. The van der Waals surface area contributed by atoms with Crippen LogP contribution in [0.2, 0.25) is 0 Å². The fourth-order valence-corrected chi connectivity index (χ4v) is 3.53. The molecule has 0 aromatic carbocycles. The van der Waals surface area contributed by atoms with Gasteiger partial charge in [-0.25, -0.2) is 9.78 Å². The minimum absolute atomic E-state index is 0.0452. The van der Waals surface area contributed by atoms with Gasteiger partial charge in [0.05, 0.1) is 0 Å². The molecule has 25 heavy (non-hydrogen) atoms. The lowest BCUT2D eigenvalue weighted by Gasteiger charge is -2.30. The maximum atomic E-state index is 12.3. The topological polar surface area (TPSA) is 91.6 Å². The third-order valence-electron chi connectivity index (χ3n) is 5.13. The number of nitrogens with two attached hydrogens (primary N) is 1. The lowest BCUT2D eigenvalue weighted by atomic mass is 9.96. The smallest absolute Gasteiger partial charge is 0.314 e. The van der Waals surface area contributed by atoms with E-state index in [9.17, 15) is 9.59 Å². The lowest BCUT2D eigenvalue weighted by molar-refractivity contribution is -0.126. The molecule has 7 heteroatoms. The number of pyridine rings is 1. The molecule has 2 saturated heterocycles. The average molecular weight is 345 g/mol. The van der Waals surface area contributed by atoms with E-state index >= 15 is 0 Å². The van der Waals surface area contributed by atoms with Crippen molar-refractivity contribution in [2.75, 3.05) is 31.1 Å². The largest absolute Gasteiger partial charge is 0.357 e. The van der Waals surface area contributed by atoms with Gasteiger partial charge in [-0.3, -0.25) is 4.79 Å². The summed E-state index contributed by atoms with van der Waals surface area (Å²) in [4.78, 5) is 31.9. The molecule has 2 fully saturated rings. The minimum Gasteiger partial charge on any atom is -0.357 e. The second kappa shape index (κ2) is 8.18. The van der Waals surface area contributed by atoms with Crippen LogP contribution in [-0.2, 0) is 11.3 Å². The lowest BCUT2D eigenvalue weighted by Crippen LogP contribution is -2.44. The van der Waals surface area contributed by atoms with Crippen LogP contribution in [0.4, 0.5) is 10.6 Å². The van der Waals surface area contributed by atoms with Crippen molar-refractivity contribution in [2.24, 2.45) is 11.7 Å². The molecule has 3 N–H and O–H groups in total. The van der Waals surface area contributed by atoms with Gasteiger partial charge in [-0.05, 0) is 43.7 Å². The van der Waals surface area contributed by atoms with Crippen molar-refractivity contribution in [1.82, 2.24) is 15.2 Å². The molecule has 136 valence electrons. The van der Waals surface area contributed by atoms with Crippen molar-refractivity contribution in [3.05, 3.63) is 23.9 Å². The number of hydrogen-bond acceptors (Lipinski definition) is 4. The summed E-state index contributed by atoms with van der Waals surface area (Å²) < 4.78 is 0. The summed E-state index contributed by atoms with van der Waals surface area (Å²) in [6, 6.07) is 3.67. The summed E-state index contributed by atoms with van der Waals surface area (Å²) >= 11 is 0. The molecular formula is C18H27N5O2. The average Bonchev–Trinajstić information content (AvgIpc) is 2.67. The normalized spacial score (nSPS) is 18.9. The van der Waals surface area contributed by atoms with E-state index in [1.807, 2.05) is 18.3 Å². The number of carbonyl (C=O) groups excluding carboxylic acids is 2. The van der Waals surface area contributed by atoms with E-state index in [2.05, 4.69) is 15.2 Å². The number of urea groups is 1. The van der Waals surface area contributed by atoms with Gasteiger partial charge in [0.2, 0.25) is 5.91 Å². The Kier molecular flexibility index (Phi) is 5.73. The quantitative estimate of drug-likeness (QED) is 0.865. The summed E-state index contributed by atoms with van der Waals surface area (Å²) in [5, 5.41) is 2.98. The number of nitrogens with one attached hydrogen (secondary N) is 1. The number of piperidine rings is 2. The number of nitrogens with zero attached hydrogens (tertiary/aromatic N) is 3. The van der Waals surface area contributed by atoms with Gasteiger partial charge in [0, 0.05) is 44.8 Å². The molecule has 0 saturated carbocycles. The van der Waals surface area contributed by atoms with Gasteiger partial charge < -0.3 is 20.9 Å². The predicted octanol–water partition coefficient (Wildman–Crippen LogP) is 1.48. The molecule has 1 aromatic rings. The van der Waals surface area contributed by atoms with Gasteiger partial charge in [0.15, 0.2) is 0 Å². The van der Waals surface area contributed by atoms with Crippen molar-refractivity contribution in [3.8, 4) is 0 Å². The van der Waals surface area contributed by atoms with Crippen molar-refractivity contribution in [1.29, 1.82) is 0 Å². The van der Waals surface area contributed by atoms with Crippen LogP contribution in [0.1, 0.15) is 37.7 Å². The van der Waals surface area contributed by atoms with Crippen molar-refractivity contribution < 1.29 is 9.59 Å². The Morgan fingerprint density at radius 1 is 1.12 bits per heavy atom. The predicted molar refractivity (Wildman–Crippen MR) is 96.0 cm³/mol. The summed E-state index contributed by atoms with van der Waals surface area (Å²) in [6.07, 6.45) is 6.95. The van der Waals surface area contributed by atoms with E-state index in [4.69, 9.17) is 5.73 Å². The minimum atomic E-state index is -0.404. The first-order valence-corrected chi connectivity index (χ1v) is 9.15. The zero-order chi connectivity index (χ0) is 17.6. The highest BCUT2D eigenvalue weighted by Gasteiger charge is 2.26. The Hall–Kier alpha value is -2.31. The molecule has 3 amide bonds. The van der Waals surface area contributed by atoms with E-state index in [-0.39, 0.29) is 11.8 Å². The van der Waals surface area contributed by atoms with Crippen LogP contribution < -0.4 is 16.0 Å². The van der Waals surface area contributed by atoms with Crippen LogP contribution in [0, 0.1) is 5.92 Å². The molecule has 3 rings (SSSR count). The number of primary amides is 1. The molecule has 0 spiro atoms. The summed E-state index contributed by atoms with van der Waals surface area (Å²) in [7, 11) is 0. The molecule has 2 aliphatic heterocycles. The van der Waals surface area contributed by atoms with Gasteiger partial charge in [-0.2, -0.15) is 0 Å².